The monoisotopic (exact) mass is 405 g/mol. The summed E-state index contributed by atoms with van der Waals surface area (Å²) in [5.41, 5.74) is 1.38. The van der Waals surface area contributed by atoms with Crippen molar-refractivity contribution in [2.45, 2.75) is 32.7 Å². The maximum atomic E-state index is 5.29. The van der Waals surface area contributed by atoms with Crippen LogP contribution in [-0.4, -0.2) is 38.8 Å². The van der Waals surface area contributed by atoms with E-state index >= 15 is 0 Å². The van der Waals surface area contributed by atoms with Crippen LogP contribution in [0.1, 0.15) is 25.8 Å². The van der Waals surface area contributed by atoms with Crippen LogP contribution in [0.4, 0.5) is 0 Å². The molecule has 5 heteroatoms. The Morgan fingerprint density at radius 1 is 1.29 bits per heavy atom. The molecule has 1 atom stereocenters. The van der Waals surface area contributed by atoms with E-state index in [9.17, 15) is 0 Å². The smallest absolute Gasteiger partial charge is 0.191 e. The van der Waals surface area contributed by atoms with E-state index in [1.54, 1.807) is 7.05 Å². The van der Waals surface area contributed by atoms with Crippen molar-refractivity contribution < 1.29 is 4.74 Å². The summed E-state index contributed by atoms with van der Waals surface area (Å²) in [4.78, 5) is 4.22. The average Bonchev–Trinajstić information content (AvgIpc) is 2.49. The highest BCUT2D eigenvalue weighted by Gasteiger charge is 2.05. The molecular formula is C16H28IN3O. The molecule has 0 radical (unpaired) electrons. The number of halogens is 1. The summed E-state index contributed by atoms with van der Waals surface area (Å²) < 4.78 is 5.29. The average molecular weight is 405 g/mol. The van der Waals surface area contributed by atoms with Crippen LogP contribution < -0.4 is 10.6 Å². The highest BCUT2D eigenvalue weighted by atomic mass is 127. The molecule has 120 valence electrons. The number of hydrogen-bond acceptors (Lipinski definition) is 2. The summed E-state index contributed by atoms with van der Waals surface area (Å²) in [5, 5.41) is 6.64. The predicted octanol–water partition coefficient (Wildman–Crippen LogP) is 2.83. The molecule has 0 fully saturated rings. The van der Waals surface area contributed by atoms with Gasteiger partial charge in [-0.25, -0.2) is 0 Å². The maximum absolute atomic E-state index is 5.29. The van der Waals surface area contributed by atoms with Crippen molar-refractivity contribution in [1.29, 1.82) is 0 Å². The van der Waals surface area contributed by atoms with Gasteiger partial charge in [0.05, 0.1) is 6.61 Å². The van der Waals surface area contributed by atoms with Crippen molar-refractivity contribution in [1.82, 2.24) is 10.6 Å². The number of ether oxygens (including phenoxy) is 1. The number of aliphatic imine (C=N–C) groups is 1. The largest absolute Gasteiger partial charge is 0.380 e. The lowest BCUT2D eigenvalue weighted by Gasteiger charge is -2.18. The Balaban J connectivity index is 0.00000400. The summed E-state index contributed by atoms with van der Waals surface area (Å²) in [5.74, 6) is 0.838. The van der Waals surface area contributed by atoms with Crippen LogP contribution in [0.3, 0.4) is 0 Å². The molecule has 1 rings (SSSR count). The van der Waals surface area contributed by atoms with Gasteiger partial charge in [0.2, 0.25) is 0 Å². The molecular weight excluding hydrogens is 377 g/mol. The van der Waals surface area contributed by atoms with E-state index in [1.165, 1.54) is 5.56 Å². The number of guanidine groups is 1. The number of nitrogens with zero attached hydrogens (tertiary/aromatic N) is 1. The molecule has 21 heavy (non-hydrogen) atoms. The van der Waals surface area contributed by atoms with E-state index in [0.29, 0.717) is 12.6 Å². The lowest BCUT2D eigenvalue weighted by molar-refractivity contribution is 0.152. The van der Waals surface area contributed by atoms with Gasteiger partial charge in [0.15, 0.2) is 5.96 Å². The predicted molar refractivity (Wildman–Crippen MR) is 101 cm³/mol. The fraction of sp³-hybridized carbons (Fsp3) is 0.562. The Hall–Kier alpha value is -0.820. The van der Waals surface area contributed by atoms with Gasteiger partial charge in [-0.1, -0.05) is 30.3 Å². The fourth-order valence-corrected chi connectivity index (χ4v) is 1.91. The van der Waals surface area contributed by atoms with Crippen LogP contribution in [0.5, 0.6) is 0 Å². The van der Waals surface area contributed by atoms with Gasteiger partial charge in [0, 0.05) is 26.2 Å². The standard InChI is InChI=1S/C16H27N3O.HI/c1-4-20-13-12-18-16(17-3)19-14(2)10-11-15-8-6-5-7-9-15;/h5-9,14H,4,10-13H2,1-3H3,(H2,17,18,19);1H. The number of rotatable bonds is 8. The molecule has 2 N–H and O–H groups in total. The third kappa shape index (κ3) is 9.68. The SMILES string of the molecule is CCOCCNC(=NC)NC(C)CCc1ccccc1.I. The molecule has 1 aromatic carbocycles. The van der Waals surface area contributed by atoms with Gasteiger partial charge in [-0.05, 0) is 32.3 Å². The Labute approximate surface area is 145 Å². The minimum absolute atomic E-state index is 0. The number of nitrogens with one attached hydrogen (secondary N) is 2. The number of aryl methyl sites for hydroxylation is 1. The van der Waals surface area contributed by atoms with Crippen LogP contribution in [0.15, 0.2) is 35.3 Å². The first kappa shape index (κ1) is 20.2. The molecule has 0 spiro atoms. The first-order chi connectivity index (χ1) is 9.76. The van der Waals surface area contributed by atoms with Gasteiger partial charge >= 0.3 is 0 Å². The van der Waals surface area contributed by atoms with E-state index in [-0.39, 0.29) is 24.0 Å². The van der Waals surface area contributed by atoms with Crippen LogP contribution in [0.2, 0.25) is 0 Å². The second-order valence-electron chi connectivity index (χ2n) is 4.77. The molecule has 1 aromatic rings. The highest BCUT2D eigenvalue weighted by molar-refractivity contribution is 14.0. The van der Waals surface area contributed by atoms with Gasteiger partial charge in [-0.15, -0.1) is 24.0 Å². The Bertz CT molecular complexity index is 384. The lowest BCUT2D eigenvalue weighted by Crippen LogP contribution is -2.43. The normalized spacial score (nSPS) is 12.4. The lowest BCUT2D eigenvalue weighted by atomic mass is 10.1. The quantitative estimate of drug-likeness (QED) is 0.303. The Morgan fingerprint density at radius 2 is 2.00 bits per heavy atom. The molecule has 0 saturated carbocycles. The Morgan fingerprint density at radius 3 is 2.62 bits per heavy atom. The van der Waals surface area contributed by atoms with E-state index in [4.69, 9.17) is 4.74 Å². The molecule has 0 aromatic heterocycles. The van der Waals surface area contributed by atoms with Crippen LogP contribution in [0, 0.1) is 0 Å². The second kappa shape index (κ2) is 12.9. The van der Waals surface area contributed by atoms with E-state index in [2.05, 4.69) is 52.9 Å². The van der Waals surface area contributed by atoms with Crippen molar-refractivity contribution in [2.24, 2.45) is 4.99 Å². The van der Waals surface area contributed by atoms with Gasteiger partial charge in [0.1, 0.15) is 0 Å². The van der Waals surface area contributed by atoms with Crippen molar-refractivity contribution in [3.8, 4) is 0 Å². The molecule has 0 aliphatic carbocycles. The molecule has 0 bridgehead atoms. The summed E-state index contributed by atoms with van der Waals surface area (Å²) in [6.45, 7) is 6.41. The fourth-order valence-electron chi connectivity index (χ4n) is 1.91. The van der Waals surface area contributed by atoms with Crippen molar-refractivity contribution >= 4 is 29.9 Å². The van der Waals surface area contributed by atoms with Gasteiger partial charge in [-0.3, -0.25) is 4.99 Å². The third-order valence-corrected chi connectivity index (χ3v) is 3.06. The van der Waals surface area contributed by atoms with Crippen LogP contribution >= 0.6 is 24.0 Å². The molecule has 0 heterocycles. The van der Waals surface area contributed by atoms with Gasteiger partial charge in [0.25, 0.3) is 0 Å². The van der Waals surface area contributed by atoms with Gasteiger partial charge in [-0.2, -0.15) is 0 Å². The zero-order valence-corrected chi connectivity index (χ0v) is 15.6. The summed E-state index contributed by atoms with van der Waals surface area (Å²) in [6.07, 6.45) is 2.15. The number of benzene rings is 1. The summed E-state index contributed by atoms with van der Waals surface area (Å²) in [7, 11) is 1.79. The molecule has 0 aliphatic rings. The molecule has 1 unspecified atom stereocenters. The van der Waals surface area contributed by atoms with Crippen molar-refractivity contribution in [3.05, 3.63) is 35.9 Å². The minimum atomic E-state index is 0. The molecule has 0 aliphatic heterocycles. The van der Waals surface area contributed by atoms with E-state index < -0.39 is 0 Å². The van der Waals surface area contributed by atoms with Crippen LogP contribution in [-0.2, 0) is 11.2 Å². The zero-order valence-electron chi connectivity index (χ0n) is 13.3. The van der Waals surface area contributed by atoms with Crippen LogP contribution in [0.25, 0.3) is 0 Å². The summed E-state index contributed by atoms with van der Waals surface area (Å²) >= 11 is 0. The first-order valence-corrected chi connectivity index (χ1v) is 7.35. The third-order valence-electron chi connectivity index (χ3n) is 3.06. The Kier molecular flexibility index (Phi) is 12.4. The highest BCUT2D eigenvalue weighted by Crippen LogP contribution is 2.04. The van der Waals surface area contributed by atoms with E-state index in [0.717, 1.165) is 32.0 Å². The minimum Gasteiger partial charge on any atom is -0.380 e. The first-order valence-electron chi connectivity index (χ1n) is 7.35. The zero-order chi connectivity index (χ0) is 14.6. The molecule has 0 saturated heterocycles. The van der Waals surface area contributed by atoms with Gasteiger partial charge < -0.3 is 15.4 Å². The molecule has 0 amide bonds. The molecule has 4 nitrogen and oxygen atoms in total. The topological polar surface area (TPSA) is 45.6 Å². The summed E-state index contributed by atoms with van der Waals surface area (Å²) in [6, 6.07) is 10.9. The van der Waals surface area contributed by atoms with Crippen molar-refractivity contribution in [3.63, 3.8) is 0 Å². The second-order valence-corrected chi connectivity index (χ2v) is 4.77. The number of hydrogen-bond donors (Lipinski definition) is 2. The maximum Gasteiger partial charge on any atom is 0.191 e. The van der Waals surface area contributed by atoms with E-state index in [1.807, 2.05) is 6.92 Å². The van der Waals surface area contributed by atoms with Crippen molar-refractivity contribution in [2.75, 3.05) is 26.8 Å².